The quantitative estimate of drug-likeness (QED) is 0.882. The van der Waals surface area contributed by atoms with Gasteiger partial charge in [0, 0.05) is 36.1 Å². The summed E-state index contributed by atoms with van der Waals surface area (Å²) >= 11 is 3.32. The minimum absolute atomic E-state index is 0.279. The van der Waals surface area contributed by atoms with Gasteiger partial charge in [0.25, 0.3) is 5.91 Å². The van der Waals surface area contributed by atoms with Gasteiger partial charge in [0.1, 0.15) is 5.54 Å². The van der Waals surface area contributed by atoms with Crippen LogP contribution in [0.1, 0.15) is 28.8 Å². The Bertz CT molecular complexity index is 538. The van der Waals surface area contributed by atoms with E-state index >= 15 is 0 Å². The van der Waals surface area contributed by atoms with Crippen LogP contribution in [0.5, 0.6) is 0 Å². The molecule has 0 atom stereocenters. The van der Waals surface area contributed by atoms with E-state index in [1.807, 2.05) is 19.1 Å². The van der Waals surface area contributed by atoms with E-state index in [1.165, 1.54) is 0 Å². The first-order chi connectivity index (χ1) is 9.44. The predicted octanol–water partition coefficient (Wildman–Crippen LogP) is 2.12. The molecule has 1 heterocycles. The van der Waals surface area contributed by atoms with Crippen LogP contribution in [-0.2, 0) is 9.53 Å². The molecule has 1 aliphatic heterocycles. The SMILES string of the molecule is Cc1ccc(Br)cc1C(=O)NC1(C(=O)O)CCOCC1. The predicted molar refractivity (Wildman–Crippen MR) is 76.8 cm³/mol. The van der Waals surface area contributed by atoms with Crippen molar-refractivity contribution in [1.29, 1.82) is 0 Å². The summed E-state index contributed by atoms with van der Waals surface area (Å²) in [6.07, 6.45) is 0.558. The number of hydrogen-bond acceptors (Lipinski definition) is 3. The second-order valence-corrected chi connectivity index (χ2v) is 5.83. The van der Waals surface area contributed by atoms with Gasteiger partial charge < -0.3 is 15.2 Å². The van der Waals surface area contributed by atoms with E-state index < -0.39 is 11.5 Å². The van der Waals surface area contributed by atoms with Crippen LogP contribution in [-0.4, -0.2) is 35.7 Å². The number of carbonyl (C=O) groups excluding carboxylic acids is 1. The lowest BCUT2D eigenvalue weighted by atomic mass is 9.89. The molecule has 0 unspecified atom stereocenters. The Kier molecular flexibility index (Phi) is 4.45. The number of halogens is 1. The third-order valence-electron chi connectivity index (χ3n) is 3.55. The number of aliphatic carboxylic acids is 1. The van der Waals surface area contributed by atoms with Crippen molar-refractivity contribution in [2.75, 3.05) is 13.2 Å². The summed E-state index contributed by atoms with van der Waals surface area (Å²) in [5.74, 6) is -1.38. The lowest BCUT2D eigenvalue weighted by Crippen LogP contribution is -2.57. The lowest BCUT2D eigenvalue weighted by Gasteiger charge is -2.34. The van der Waals surface area contributed by atoms with Crippen molar-refractivity contribution in [3.63, 3.8) is 0 Å². The summed E-state index contributed by atoms with van der Waals surface area (Å²) in [7, 11) is 0. The van der Waals surface area contributed by atoms with Crippen molar-refractivity contribution < 1.29 is 19.4 Å². The van der Waals surface area contributed by atoms with Gasteiger partial charge in [-0.2, -0.15) is 0 Å². The Morgan fingerprint density at radius 3 is 2.60 bits per heavy atom. The fourth-order valence-corrected chi connectivity index (χ4v) is 2.60. The summed E-state index contributed by atoms with van der Waals surface area (Å²) in [6, 6.07) is 5.35. The van der Waals surface area contributed by atoms with Crippen LogP contribution in [0.3, 0.4) is 0 Å². The first kappa shape index (κ1) is 15.0. The van der Waals surface area contributed by atoms with Gasteiger partial charge in [0.15, 0.2) is 0 Å². The third-order valence-corrected chi connectivity index (χ3v) is 4.05. The summed E-state index contributed by atoms with van der Waals surface area (Å²) in [6.45, 7) is 2.49. The molecule has 1 fully saturated rings. The van der Waals surface area contributed by atoms with E-state index in [-0.39, 0.29) is 18.7 Å². The Morgan fingerprint density at radius 2 is 2.00 bits per heavy atom. The van der Waals surface area contributed by atoms with Crippen LogP contribution >= 0.6 is 15.9 Å². The van der Waals surface area contributed by atoms with Crippen LogP contribution in [0.4, 0.5) is 0 Å². The molecule has 1 aromatic rings. The zero-order valence-corrected chi connectivity index (χ0v) is 12.7. The molecule has 0 bridgehead atoms. The molecule has 0 spiro atoms. The number of ether oxygens (including phenoxy) is 1. The highest BCUT2D eigenvalue weighted by molar-refractivity contribution is 9.10. The molecule has 0 aromatic heterocycles. The van der Waals surface area contributed by atoms with Crippen LogP contribution < -0.4 is 5.32 Å². The molecule has 6 heteroatoms. The third kappa shape index (κ3) is 3.02. The molecule has 108 valence electrons. The normalized spacial score (nSPS) is 17.5. The average molecular weight is 342 g/mol. The number of benzene rings is 1. The largest absolute Gasteiger partial charge is 0.480 e. The summed E-state index contributed by atoms with van der Waals surface area (Å²) < 4.78 is 5.96. The molecule has 5 nitrogen and oxygen atoms in total. The maximum Gasteiger partial charge on any atom is 0.329 e. The zero-order chi connectivity index (χ0) is 14.8. The summed E-state index contributed by atoms with van der Waals surface area (Å²) in [4.78, 5) is 23.9. The van der Waals surface area contributed by atoms with E-state index in [1.54, 1.807) is 6.07 Å². The number of carboxylic acid groups (broad SMARTS) is 1. The molecule has 1 aliphatic rings. The van der Waals surface area contributed by atoms with Crippen LogP contribution in [0, 0.1) is 6.92 Å². The van der Waals surface area contributed by atoms with Gasteiger partial charge in [-0.1, -0.05) is 22.0 Å². The van der Waals surface area contributed by atoms with Crippen molar-refractivity contribution in [3.8, 4) is 0 Å². The molecule has 0 aliphatic carbocycles. The van der Waals surface area contributed by atoms with E-state index in [9.17, 15) is 14.7 Å². The maximum absolute atomic E-state index is 12.4. The number of rotatable bonds is 3. The molecular formula is C14H16BrNO4. The number of aryl methyl sites for hydroxylation is 1. The van der Waals surface area contributed by atoms with E-state index in [2.05, 4.69) is 21.2 Å². The molecule has 0 saturated carbocycles. The van der Waals surface area contributed by atoms with Crippen molar-refractivity contribution in [2.45, 2.75) is 25.3 Å². The number of carbonyl (C=O) groups is 2. The fraction of sp³-hybridized carbons (Fsp3) is 0.429. The van der Waals surface area contributed by atoms with Crippen molar-refractivity contribution in [2.24, 2.45) is 0 Å². The Balaban J connectivity index is 2.24. The molecule has 0 radical (unpaired) electrons. The highest BCUT2D eigenvalue weighted by Gasteiger charge is 2.41. The van der Waals surface area contributed by atoms with E-state index in [0.717, 1.165) is 10.0 Å². The Labute approximate surface area is 125 Å². The topological polar surface area (TPSA) is 75.6 Å². The fourth-order valence-electron chi connectivity index (χ4n) is 2.24. The average Bonchev–Trinajstić information content (AvgIpc) is 2.42. The van der Waals surface area contributed by atoms with Gasteiger partial charge in [-0.15, -0.1) is 0 Å². The molecular weight excluding hydrogens is 326 g/mol. The second kappa shape index (κ2) is 5.93. The minimum Gasteiger partial charge on any atom is -0.480 e. The first-order valence-electron chi connectivity index (χ1n) is 6.34. The van der Waals surface area contributed by atoms with Crippen LogP contribution in [0.15, 0.2) is 22.7 Å². The molecule has 1 aromatic carbocycles. The molecule has 2 rings (SSSR count). The monoisotopic (exact) mass is 341 g/mol. The maximum atomic E-state index is 12.4. The molecule has 2 N–H and O–H groups in total. The Hall–Kier alpha value is -1.40. The smallest absolute Gasteiger partial charge is 0.329 e. The highest BCUT2D eigenvalue weighted by Crippen LogP contribution is 2.23. The number of hydrogen-bond donors (Lipinski definition) is 2. The van der Waals surface area contributed by atoms with Gasteiger partial charge >= 0.3 is 5.97 Å². The van der Waals surface area contributed by atoms with Gasteiger partial charge in [-0.3, -0.25) is 4.79 Å². The first-order valence-corrected chi connectivity index (χ1v) is 7.14. The Morgan fingerprint density at radius 1 is 1.35 bits per heavy atom. The van der Waals surface area contributed by atoms with E-state index in [0.29, 0.717) is 18.8 Å². The summed E-state index contributed by atoms with van der Waals surface area (Å²) in [5, 5.41) is 12.1. The van der Waals surface area contributed by atoms with Crippen LogP contribution in [0.25, 0.3) is 0 Å². The number of amides is 1. The zero-order valence-electron chi connectivity index (χ0n) is 11.1. The van der Waals surface area contributed by atoms with Gasteiger partial charge in [0.05, 0.1) is 0 Å². The second-order valence-electron chi connectivity index (χ2n) is 4.91. The van der Waals surface area contributed by atoms with E-state index in [4.69, 9.17) is 4.74 Å². The van der Waals surface area contributed by atoms with Gasteiger partial charge in [-0.25, -0.2) is 4.79 Å². The molecule has 1 amide bonds. The lowest BCUT2D eigenvalue weighted by molar-refractivity contribution is -0.148. The molecule has 1 saturated heterocycles. The molecule has 20 heavy (non-hydrogen) atoms. The van der Waals surface area contributed by atoms with Crippen molar-refractivity contribution in [1.82, 2.24) is 5.32 Å². The number of nitrogens with one attached hydrogen (secondary N) is 1. The van der Waals surface area contributed by atoms with Crippen molar-refractivity contribution in [3.05, 3.63) is 33.8 Å². The van der Waals surface area contributed by atoms with Gasteiger partial charge in [0.2, 0.25) is 0 Å². The van der Waals surface area contributed by atoms with Crippen LogP contribution in [0.2, 0.25) is 0 Å². The highest BCUT2D eigenvalue weighted by atomic mass is 79.9. The number of carboxylic acids is 1. The van der Waals surface area contributed by atoms with Gasteiger partial charge in [-0.05, 0) is 24.6 Å². The minimum atomic E-state index is -1.23. The van der Waals surface area contributed by atoms with Crippen molar-refractivity contribution >= 4 is 27.8 Å². The summed E-state index contributed by atoms with van der Waals surface area (Å²) in [5.41, 5.74) is 0.0502. The standard InChI is InChI=1S/C14H16BrNO4/c1-9-2-3-10(15)8-11(9)12(17)16-14(13(18)19)4-6-20-7-5-14/h2-3,8H,4-7H2,1H3,(H,16,17)(H,18,19).